The lowest BCUT2D eigenvalue weighted by atomic mass is 10.2. The molecule has 0 saturated heterocycles. The van der Waals surface area contributed by atoms with Crippen LogP contribution in [-0.4, -0.2) is 31.7 Å². The van der Waals surface area contributed by atoms with Gasteiger partial charge in [-0.1, -0.05) is 0 Å². The van der Waals surface area contributed by atoms with E-state index >= 15 is 0 Å². The molecular formula is C18H17N7O2. The molecule has 1 aliphatic carbocycles. The number of carbonyl (C=O) groups is 1. The maximum absolute atomic E-state index is 11.3. The molecule has 1 amide bonds. The van der Waals surface area contributed by atoms with Gasteiger partial charge >= 0.3 is 0 Å². The maximum Gasteiger partial charge on any atom is 0.221 e. The highest BCUT2D eigenvalue weighted by molar-refractivity contribution is 5.91. The number of nitriles is 1. The number of phenols is 1. The molecule has 136 valence electrons. The summed E-state index contributed by atoms with van der Waals surface area (Å²) in [5.41, 5.74) is 2.63. The molecule has 1 aliphatic rings. The molecule has 0 aliphatic heterocycles. The average molecular weight is 363 g/mol. The second-order valence-corrected chi connectivity index (χ2v) is 6.39. The Bertz CT molecular complexity index is 1080. The molecule has 1 fully saturated rings. The first-order chi connectivity index (χ1) is 13.0. The number of hydrogen-bond donors (Lipinski definition) is 4. The summed E-state index contributed by atoms with van der Waals surface area (Å²) in [6, 6.07) is 9.06. The lowest BCUT2D eigenvalue weighted by molar-refractivity contribution is -0.114. The molecular weight excluding hydrogens is 346 g/mol. The van der Waals surface area contributed by atoms with E-state index in [-0.39, 0.29) is 11.7 Å². The van der Waals surface area contributed by atoms with Gasteiger partial charge in [0.15, 0.2) is 17.2 Å². The van der Waals surface area contributed by atoms with E-state index in [1.54, 1.807) is 12.1 Å². The Labute approximate surface area is 154 Å². The van der Waals surface area contributed by atoms with E-state index in [1.807, 2.05) is 6.07 Å². The molecule has 1 saturated carbocycles. The molecule has 9 nitrogen and oxygen atoms in total. The Morgan fingerprint density at radius 3 is 2.85 bits per heavy atom. The number of carbonyl (C=O) groups excluding carboxylic acids is 1. The van der Waals surface area contributed by atoms with Gasteiger partial charge in [-0.05, 0) is 31.0 Å². The van der Waals surface area contributed by atoms with Gasteiger partial charge in [0.2, 0.25) is 5.91 Å². The summed E-state index contributed by atoms with van der Waals surface area (Å²) >= 11 is 0. The van der Waals surface area contributed by atoms with E-state index in [4.69, 9.17) is 0 Å². The molecule has 4 rings (SSSR count). The Morgan fingerprint density at radius 1 is 1.33 bits per heavy atom. The zero-order valence-corrected chi connectivity index (χ0v) is 14.5. The summed E-state index contributed by atoms with van der Waals surface area (Å²) in [7, 11) is 0. The minimum Gasteiger partial charge on any atom is -0.506 e. The van der Waals surface area contributed by atoms with Crippen molar-refractivity contribution in [3.8, 4) is 11.8 Å². The van der Waals surface area contributed by atoms with Crippen molar-refractivity contribution in [2.75, 3.05) is 16.0 Å². The van der Waals surface area contributed by atoms with Gasteiger partial charge in [0.05, 0.1) is 17.6 Å². The predicted octanol–water partition coefficient (Wildman–Crippen LogP) is 2.58. The van der Waals surface area contributed by atoms with Gasteiger partial charge in [-0.15, -0.1) is 5.10 Å². The molecule has 9 heteroatoms. The van der Waals surface area contributed by atoms with Crippen molar-refractivity contribution < 1.29 is 9.90 Å². The van der Waals surface area contributed by atoms with Crippen molar-refractivity contribution in [1.29, 1.82) is 5.26 Å². The fraction of sp³-hybridized carbons (Fsp3) is 0.222. The molecule has 2 heterocycles. The summed E-state index contributed by atoms with van der Waals surface area (Å²) in [4.78, 5) is 15.6. The van der Waals surface area contributed by atoms with E-state index in [0.29, 0.717) is 34.6 Å². The van der Waals surface area contributed by atoms with Crippen LogP contribution in [0.25, 0.3) is 5.65 Å². The monoisotopic (exact) mass is 363 g/mol. The molecule has 0 bridgehead atoms. The third-order valence-electron chi connectivity index (χ3n) is 4.10. The molecule has 27 heavy (non-hydrogen) atoms. The molecule has 0 radical (unpaired) electrons. The minimum atomic E-state index is -0.282. The molecule has 0 unspecified atom stereocenters. The maximum atomic E-state index is 11.3. The van der Waals surface area contributed by atoms with Crippen LogP contribution in [0.5, 0.6) is 5.75 Å². The third kappa shape index (κ3) is 3.46. The fourth-order valence-electron chi connectivity index (χ4n) is 2.71. The first-order valence-electron chi connectivity index (χ1n) is 8.46. The summed E-state index contributed by atoms with van der Waals surface area (Å²) in [6.07, 6.45) is 3.68. The predicted molar refractivity (Wildman–Crippen MR) is 100 cm³/mol. The average Bonchev–Trinajstić information content (AvgIpc) is 3.34. The van der Waals surface area contributed by atoms with E-state index in [2.05, 4.69) is 32.1 Å². The van der Waals surface area contributed by atoms with Crippen molar-refractivity contribution in [2.24, 2.45) is 0 Å². The zero-order valence-electron chi connectivity index (χ0n) is 14.5. The summed E-state index contributed by atoms with van der Waals surface area (Å²) in [6.45, 7) is 1.37. The standard InChI is InChI=1S/C18H17N7O2/c1-10(26)21-14-6-12(4-5-16(14)27)23-17-7-15(22-11-2-3-11)18-20-9-13(8-19)25(18)24-17/h4-7,9,11,22,27H,2-3H2,1H3,(H,21,26)(H,23,24). The van der Waals surface area contributed by atoms with Crippen LogP contribution in [0.3, 0.4) is 0 Å². The summed E-state index contributed by atoms with van der Waals surface area (Å²) in [5.74, 6) is 0.186. The molecule has 0 spiro atoms. The number of amides is 1. The number of nitrogens with one attached hydrogen (secondary N) is 3. The summed E-state index contributed by atoms with van der Waals surface area (Å²) in [5, 5.41) is 32.7. The highest BCUT2D eigenvalue weighted by Crippen LogP contribution is 2.31. The second-order valence-electron chi connectivity index (χ2n) is 6.39. The number of anilines is 4. The third-order valence-corrected chi connectivity index (χ3v) is 4.10. The van der Waals surface area contributed by atoms with Crippen molar-refractivity contribution in [1.82, 2.24) is 14.6 Å². The van der Waals surface area contributed by atoms with Crippen LogP contribution >= 0.6 is 0 Å². The summed E-state index contributed by atoms with van der Waals surface area (Å²) < 4.78 is 1.49. The van der Waals surface area contributed by atoms with Gasteiger partial charge in [0.25, 0.3) is 0 Å². The zero-order chi connectivity index (χ0) is 19.0. The first kappa shape index (κ1) is 16.7. The van der Waals surface area contributed by atoms with Crippen LogP contribution in [0.1, 0.15) is 25.5 Å². The van der Waals surface area contributed by atoms with Crippen LogP contribution < -0.4 is 16.0 Å². The lowest BCUT2D eigenvalue weighted by Crippen LogP contribution is -2.08. The fourth-order valence-corrected chi connectivity index (χ4v) is 2.71. The SMILES string of the molecule is CC(=O)Nc1cc(Nc2cc(NC3CC3)c3ncc(C#N)n3n2)ccc1O. The van der Waals surface area contributed by atoms with Gasteiger partial charge in [0.1, 0.15) is 11.8 Å². The number of aromatic nitrogens is 3. The molecule has 3 aromatic rings. The van der Waals surface area contributed by atoms with Crippen LogP contribution in [0.2, 0.25) is 0 Å². The van der Waals surface area contributed by atoms with Crippen LogP contribution in [0, 0.1) is 11.3 Å². The second kappa shape index (κ2) is 6.49. The smallest absolute Gasteiger partial charge is 0.221 e. The Kier molecular flexibility index (Phi) is 4.01. The number of aromatic hydroxyl groups is 1. The van der Waals surface area contributed by atoms with E-state index in [9.17, 15) is 15.2 Å². The number of nitrogens with zero attached hydrogens (tertiary/aromatic N) is 4. The molecule has 1 aromatic carbocycles. The van der Waals surface area contributed by atoms with Crippen LogP contribution in [0.15, 0.2) is 30.5 Å². The van der Waals surface area contributed by atoms with E-state index in [0.717, 1.165) is 18.5 Å². The number of hydrogen-bond acceptors (Lipinski definition) is 7. The largest absolute Gasteiger partial charge is 0.506 e. The Morgan fingerprint density at radius 2 is 2.15 bits per heavy atom. The van der Waals surface area contributed by atoms with Crippen LogP contribution in [0.4, 0.5) is 22.9 Å². The highest BCUT2D eigenvalue weighted by atomic mass is 16.3. The van der Waals surface area contributed by atoms with Gasteiger partial charge < -0.3 is 21.1 Å². The quantitative estimate of drug-likeness (QED) is 0.405. The lowest BCUT2D eigenvalue weighted by Gasteiger charge is -2.12. The van der Waals surface area contributed by atoms with Gasteiger partial charge in [-0.2, -0.15) is 9.78 Å². The Balaban J connectivity index is 1.71. The van der Waals surface area contributed by atoms with Gasteiger partial charge in [0, 0.05) is 24.7 Å². The van der Waals surface area contributed by atoms with Crippen molar-refractivity contribution >= 4 is 34.4 Å². The topological polar surface area (TPSA) is 127 Å². The molecule has 2 aromatic heterocycles. The first-order valence-corrected chi connectivity index (χ1v) is 8.46. The van der Waals surface area contributed by atoms with Crippen molar-refractivity contribution in [3.63, 3.8) is 0 Å². The Hall–Kier alpha value is -3.80. The normalized spacial score (nSPS) is 13.2. The van der Waals surface area contributed by atoms with E-state index in [1.165, 1.54) is 23.7 Å². The van der Waals surface area contributed by atoms with Crippen molar-refractivity contribution in [2.45, 2.75) is 25.8 Å². The number of imidazole rings is 1. The number of fused-ring (bicyclic) bond motifs is 1. The number of phenolic OH excluding ortho intramolecular Hbond substituents is 1. The minimum absolute atomic E-state index is 0.0309. The number of benzene rings is 1. The van der Waals surface area contributed by atoms with Gasteiger partial charge in [-0.3, -0.25) is 4.79 Å². The van der Waals surface area contributed by atoms with E-state index < -0.39 is 0 Å². The molecule has 0 atom stereocenters. The highest BCUT2D eigenvalue weighted by Gasteiger charge is 2.23. The number of rotatable bonds is 5. The van der Waals surface area contributed by atoms with Crippen molar-refractivity contribution in [3.05, 3.63) is 36.2 Å². The van der Waals surface area contributed by atoms with Gasteiger partial charge in [-0.25, -0.2) is 4.98 Å². The van der Waals surface area contributed by atoms with Crippen LogP contribution in [-0.2, 0) is 4.79 Å². The molecule has 4 N–H and O–H groups in total.